The minimum atomic E-state index is -0.265. The molecule has 2 heterocycles. The molecule has 146 valence electrons. The Morgan fingerprint density at radius 3 is 2.71 bits per heavy atom. The van der Waals surface area contributed by atoms with E-state index >= 15 is 0 Å². The minimum absolute atomic E-state index is 0.265. The molecule has 0 aliphatic carbocycles. The maximum absolute atomic E-state index is 13.3. The van der Waals surface area contributed by atoms with Gasteiger partial charge in [-0.15, -0.1) is 0 Å². The number of hydrogen-bond acceptors (Lipinski definition) is 3. The van der Waals surface area contributed by atoms with Crippen molar-refractivity contribution in [1.29, 1.82) is 0 Å². The van der Waals surface area contributed by atoms with Crippen molar-refractivity contribution < 1.29 is 9.13 Å². The van der Waals surface area contributed by atoms with Crippen LogP contribution in [0, 0.1) is 5.82 Å². The first-order valence-electron chi connectivity index (χ1n) is 9.49. The molecule has 1 aromatic heterocycles. The van der Waals surface area contributed by atoms with E-state index in [0.717, 1.165) is 55.0 Å². The molecular formula is C22H23ClFN3O. The zero-order valence-electron chi connectivity index (χ0n) is 15.8. The Hall–Kier alpha value is -2.21. The summed E-state index contributed by atoms with van der Waals surface area (Å²) < 4.78 is 20.9. The van der Waals surface area contributed by atoms with Gasteiger partial charge in [-0.05, 0) is 50.2 Å². The summed E-state index contributed by atoms with van der Waals surface area (Å²) in [5, 5.41) is 5.44. The van der Waals surface area contributed by atoms with Gasteiger partial charge in [-0.2, -0.15) is 5.10 Å². The first kappa shape index (κ1) is 19.1. The van der Waals surface area contributed by atoms with E-state index in [1.165, 1.54) is 12.1 Å². The number of nitrogens with zero attached hydrogens (tertiary/aromatic N) is 3. The van der Waals surface area contributed by atoms with E-state index in [1.807, 2.05) is 30.5 Å². The lowest BCUT2D eigenvalue weighted by molar-refractivity contribution is 0.0793. The van der Waals surface area contributed by atoms with Crippen molar-refractivity contribution in [2.45, 2.75) is 25.5 Å². The largest absolute Gasteiger partial charge is 0.377 e. The third-order valence-corrected chi connectivity index (χ3v) is 5.32. The van der Waals surface area contributed by atoms with Crippen LogP contribution in [0.2, 0.25) is 5.02 Å². The Labute approximate surface area is 169 Å². The van der Waals surface area contributed by atoms with Gasteiger partial charge in [-0.3, -0.25) is 4.90 Å². The Morgan fingerprint density at radius 2 is 2.00 bits per heavy atom. The van der Waals surface area contributed by atoms with Gasteiger partial charge in [0.05, 0.1) is 22.5 Å². The second kappa shape index (κ2) is 8.43. The van der Waals surface area contributed by atoms with Crippen LogP contribution in [-0.2, 0) is 11.3 Å². The number of benzene rings is 2. The molecule has 4 rings (SSSR count). The van der Waals surface area contributed by atoms with Crippen LogP contribution < -0.4 is 0 Å². The zero-order valence-corrected chi connectivity index (χ0v) is 16.6. The van der Waals surface area contributed by atoms with Crippen LogP contribution in [-0.4, -0.2) is 41.0 Å². The molecule has 0 spiro atoms. The number of hydrogen-bond donors (Lipinski definition) is 0. The molecule has 0 bridgehead atoms. The minimum Gasteiger partial charge on any atom is -0.377 e. The van der Waals surface area contributed by atoms with Gasteiger partial charge in [0.15, 0.2) is 0 Å². The predicted molar refractivity (Wildman–Crippen MR) is 109 cm³/mol. The lowest BCUT2D eigenvalue weighted by Crippen LogP contribution is -2.28. The fourth-order valence-corrected chi connectivity index (χ4v) is 3.85. The Morgan fingerprint density at radius 1 is 1.21 bits per heavy atom. The van der Waals surface area contributed by atoms with Gasteiger partial charge >= 0.3 is 0 Å². The molecule has 1 aliphatic rings. The molecule has 3 aromatic rings. The van der Waals surface area contributed by atoms with Crippen molar-refractivity contribution in [3.05, 3.63) is 71.1 Å². The highest BCUT2D eigenvalue weighted by Crippen LogP contribution is 2.30. The van der Waals surface area contributed by atoms with Crippen LogP contribution in [0.25, 0.3) is 16.9 Å². The molecule has 0 N–H and O–H groups in total. The predicted octanol–water partition coefficient (Wildman–Crippen LogP) is 4.94. The highest BCUT2D eigenvalue weighted by Gasteiger charge is 2.20. The first-order valence-corrected chi connectivity index (χ1v) is 9.87. The van der Waals surface area contributed by atoms with Crippen molar-refractivity contribution in [3.8, 4) is 16.9 Å². The van der Waals surface area contributed by atoms with Crippen LogP contribution in [0.15, 0.2) is 54.7 Å². The van der Waals surface area contributed by atoms with E-state index in [1.54, 1.807) is 16.8 Å². The van der Waals surface area contributed by atoms with E-state index in [-0.39, 0.29) is 5.82 Å². The van der Waals surface area contributed by atoms with Gasteiger partial charge in [-0.25, -0.2) is 9.07 Å². The lowest BCUT2D eigenvalue weighted by Gasteiger charge is -2.20. The van der Waals surface area contributed by atoms with Crippen molar-refractivity contribution in [2.24, 2.45) is 0 Å². The Bertz CT molecular complexity index is 935. The number of likely N-dealkylation sites (N-methyl/N-ethyl adjacent to an activating group) is 1. The maximum atomic E-state index is 13.3. The lowest BCUT2D eigenvalue weighted by atomic mass is 10.1. The summed E-state index contributed by atoms with van der Waals surface area (Å²) in [5.41, 5.74) is 3.61. The average molecular weight is 400 g/mol. The summed E-state index contributed by atoms with van der Waals surface area (Å²) in [6.07, 6.45) is 4.53. The molecule has 1 atom stereocenters. The molecule has 1 saturated heterocycles. The Kier molecular flexibility index (Phi) is 5.76. The molecule has 1 fully saturated rings. The van der Waals surface area contributed by atoms with E-state index in [2.05, 4.69) is 11.9 Å². The standard InChI is InChI=1S/C22H23ClFN3O/c1-26(15-19-5-4-12-28-19)13-16-14-27(18-10-8-17(24)9-11-18)25-22(16)20-6-2-3-7-21(20)23/h2-3,6-11,14,19H,4-5,12-13,15H2,1H3/t19-/m1/s1. The molecule has 0 amide bonds. The van der Waals surface area contributed by atoms with Gasteiger partial charge in [0.25, 0.3) is 0 Å². The summed E-state index contributed by atoms with van der Waals surface area (Å²) in [7, 11) is 2.09. The van der Waals surface area contributed by atoms with Crippen LogP contribution in [0.5, 0.6) is 0 Å². The average Bonchev–Trinajstić information content (AvgIpc) is 3.33. The third-order valence-electron chi connectivity index (χ3n) is 4.99. The number of rotatable bonds is 6. The quantitative estimate of drug-likeness (QED) is 0.588. The summed E-state index contributed by atoms with van der Waals surface area (Å²) in [5.74, 6) is -0.265. The molecular weight excluding hydrogens is 377 g/mol. The van der Waals surface area contributed by atoms with Crippen LogP contribution in [0.1, 0.15) is 18.4 Å². The van der Waals surface area contributed by atoms with Crippen LogP contribution in [0.4, 0.5) is 4.39 Å². The second-order valence-corrected chi connectivity index (χ2v) is 7.64. The van der Waals surface area contributed by atoms with E-state index in [4.69, 9.17) is 21.4 Å². The number of ether oxygens (including phenoxy) is 1. The zero-order chi connectivity index (χ0) is 19.5. The molecule has 0 radical (unpaired) electrons. The van der Waals surface area contributed by atoms with Gasteiger partial charge in [0.2, 0.25) is 0 Å². The van der Waals surface area contributed by atoms with Gasteiger partial charge in [-0.1, -0.05) is 29.8 Å². The second-order valence-electron chi connectivity index (χ2n) is 7.24. The monoisotopic (exact) mass is 399 g/mol. The van der Waals surface area contributed by atoms with Crippen LogP contribution >= 0.6 is 11.6 Å². The molecule has 0 unspecified atom stereocenters. The highest BCUT2D eigenvalue weighted by molar-refractivity contribution is 6.33. The summed E-state index contributed by atoms with van der Waals surface area (Å²) in [6, 6.07) is 14.0. The fourth-order valence-electron chi connectivity index (χ4n) is 3.62. The van der Waals surface area contributed by atoms with Gasteiger partial charge < -0.3 is 4.74 Å². The molecule has 4 nitrogen and oxygen atoms in total. The molecule has 6 heteroatoms. The number of aromatic nitrogens is 2. The fraction of sp³-hybridized carbons (Fsp3) is 0.318. The van der Waals surface area contributed by atoms with Crippen molar-refractivity contribution in [1.82, 2.24) is 14.7 Å². The normalized spacial score (nSPS) is 16.8. The topological polar surface area (TPSA) is 30.3 Å². The molecule has 1 aliphatic heterocycles. The van der Waals surface area contributed by atoms with Gasteiger partial charge in [0, 0.05) is 37.0 Å². The van der Waals surface area contributed by atoms with E-state index in [0.29, 0.717) is 11.1 Å². The van der Waals surface area contributed by atoms with Crippen LogP contribution in [0.3, 0.4) is 0 Å². The molecule has 0 saturated carbocycles. The summed E-state index contributed by atoms with van der Waals surface area (Å²) in [4.78, 5) is 2.25. The maximum Gasteiger partial charge on any atom is 0.123 e. The van der Waals surface area contributed by atoms with Crippen molar-refractivity contribution in [2.75, 3.05) is 20.2 Å². The smallest absolute Gasteiger partial charge is 0.123 e. The van der Waals surface area contributed by atoms with Crippen molar-refractivity contribution >= 4 is 11.6 Å². The number of halogens is 2. The van der Waals surface area contributed by atoms with Crippen molar-refractivity contribution in [3.63, 3.8) is 0 Å². The summed E-state index contributed by atoms with van der Waals surface area (Å²) in [6.45, 7) is 2.46. The first-order chi connectivity index (χ1) is 13.6. The third kappa shape index (κ3) is 4.27. The molecule has 28 heavy (non-hydrogen) atoms. The van der Waals surface area contributed by atoms with E-state index in [9.17, 15) is 4.39 Å². The highest BCUT2D eigenvalue weighted by atomic mass is 35.5. The molecule has 2 aromatic carbocycles. The van der Waals surface area contributed by atoms with E-state index < -0.39 is 0 Å². The SMILES string of the molecule is CN(Cc1cn(-c2ccc(F)cc2)nc1-c1ccccc1Cl)C[C@H]1CCCO1. The Balaban J connectivity index is 1.66. The van der Waals surface area contributed by atoms with Gasteiger partial charge in [0.1, 0.15) is 5.82 Å². The summed E-state index contributed by atoms with van der Waals surface area (Å²) >= 11 is 6.45.